The zero-order valence-electron chi connectivity index (χ0n) is 10.5. The van der Waals surface area contributed by atoms with Gasteiger partial charge in [0.15, 0.2) is 9.84 Å². The summed E-state index contributed by atoms with van der Waals surface area (Å²) in [7, 11) is -3.72. The molecule has 0 spiro atoms. The number of benzene rings is 1. The molecule has 0 aromatic heterocycles. The number of nitrogens with zero attached hydrogens (tertiary/aromatic N) is 1. The zero-order valence-corrected chi connectivity index (χ0v) is 11.3. The van der Waals surface area contributed by atoms with E-state index >= 15 is 0 Å². The molecule has 3 unspecified atom stereocenters. The topological polar surface area (TPSA) is 103 Å². The van der Waals surface area contributed by atoms with Gasteiger partial charge in [-0.2, -0.15) is 0 Å². The minimum Gasteiger partial charge on any atom is -0.327 e. The van der Waals surface area contributed by atoms with E-state index in [0.29, 0.717) is 12.8 Å². The fraction of sp³-hybridized carbons (Fsp3) is 0.500. The van der Waals surface area contributed by atoms with E-state index in [2.05, 4.69) is 0 Å². The van der Waals surface area contributed by atoms with Crippen molar-refractivity contribution in [3.8, 4) is 0 Å². The first-order valence-electron chi connectivity index (χ1n) is 6.08. The number of nitro groups is 1. The maximum absolute atomic E-state index is 12.6. The van der Waals surface area contributed by atoms with E-state index in [-0.39, 0.29) is 22.5 Å². The molecule has 7 heteroatoms. The van der Waals surface area contributed by atoms with Crippen molar-refractivity contribution in [3.05, 3.63) is 34.4 Å². The van der Waals surface area contributed by atoms with E-state index in [1.807, 2.05) is 0 Å². The van der Waals surface area contributed by atoms with E-state index in [1.54, 1.807) is 6.92 Å². The molecule has 2 rings (SSSR count). The zero-order chi connectivity index (χ0) is 14.2. The SMILES string of the molecule is CC1C(N)CCC1S(=O)(=O)c1ccccc1[N+](=O)[O-]. The molecule has 1 saturated carbocycles. The van der Waals surface area contributed by atoms with Crippen molar-refractivity contribution in [1.29, 1.82) is 0 Å². The van der Waals surface area contributed by atoms with Gasteiger partial charge in [0, 0.05) is 12.1 Å². The molecule has 1 fully saturated rings. The smallest absolute Gasteiger partial charge is 0.287 e. The monoisotopic (exact) mass is 284 g/mol. The van der Waals surface area contributed by atoms with Crippen LogP contribution >= 0.6 is 0 Å². The first-order valence-corrected chi connectivity index (χ1v) is 7.63. The second-order valence-electron chi connectivity index (χ2n) is 4.91. The highest BCUT2D eigenvalue weighted by Crippen LogP contribution is 2.36. The molecule has 3 atom stereocenters. The Bertz CT molecular complexity index is 600. The molecule has 1 aliphatic rings. The Morgan fingerprint density at radius 1 is 1.32 bits per heavy atom. The average molecular weight is 284 g/mol. The van der Waals surface area contributed by atoms with Gasteiger partial charge in [-0.05, 0) is 24.8 Å². The second-order valence-corrected chi connectivity index (χ2v) is 7.04. The molecule has 1 aliphatic carbocycles. The standard InChI is InChI=1S/C12H16N2O4S/c1-8-9(13)6-7-11(8)19(17,18)12-5-3-2-4-10(12)14(15)16/h2-5,8-9,11H,6-7,13H2,1H3. The lowest BCUT2D eigenvalue weighted by molar-refractivity contribution is -0.387. The molecule has 0 amide bonds. The second kappa shape index (κ2) is 4.90. The Morgan fingerprint density at radius 2 is 1.95 bits per heavy atom. The van der Waals surface area contributed by atoms with Crippen molar-refractivity contribution in [2.75, 3.05) is 0 Å². The molecule has 0 heterocycles. The van der Waals surface area contributed by atoms with Gasteiger partial charge in [-0.3, -0.25) is 10.1 Å². The molecule has 0 bridgehead atoms. The van der Waals surface area contributed by atoms with Gasteiger partial charge < -0.3 is 5.73 Å². The largest absolute Gasteiger partial charge is 0.327 e. The van der Waals surface area contributed by atoms with Crippen LogP contribution in [0.2, 0.25) is 0 Å². The van der Waals surface area contributed by atoms with E-state index in [1.165, 1.54) is 24.3 Å². The fourth-order valence-corrected chi connectivity index (χ4v) is 4.85. The minimum atomic E-state index is -3.72. The molecular formula is C12H16N2O4S. The van der Waals surface area contributed by atoms with Crippen molar-refractivity contribution < 1.29 is 13.3 Å². The van der Waals surface area contributed by atoms with Gasteiger partial charge in [-0.25, -0.2) is 8.42 Å². The summed E-state index contributed by atoms with van der Waals surface area (Å²) in [6.07, 6.45) is 1.09. The number of rotatable bonds is 3. The summed E-state index contributed by atoms with van der Waals surface area (Å²) in [6, 6.07) is 5.30. The van der Waals surface area contributed by atoms with Gasteiger partial charge in [0.25, 0.3) is 5.69 Å². The van der Waals surface area contributed by atoms with Gasteiger partial charge in [0.05, 0.1) is 10.2 Å². The highest BCUT2D eigenvalue weighted by molar-refractivity contribution is 7.92. The van der Waals surface area contributed by atoms with Crippen LogP contribution in [0.1, 0.15) is 19.8 Å². The lowest BCUT2D eigenvalue weighted by Gasteiger charge is -2.18. The molecule has 2 N–H and O–H groups in total. The van der Waals surface area contributed by atoms with Crippen LogP contribution in [0.15, 0.2) is 29.2 Å². The lowest BCUT2D eigenvalue weighted by Crippen LogP contribution is -2.32. The molecule has 0 aliphatic heterocycles. The maximum Gasteiger partial charge on any atom is 0.287 e. The van der Waals surface area contributed by atoms with Crippen LogP contribution in [0.25, 0.3) is 0 Å². The van der Waals surface area contributed by atoms with Crippen molar-refractivity contribution in [2.24, 2.45) is 11.7 Å². The van der Waals surface area contributed by atoms with E-state index in [9.17, 15) is 18.5 Å². The van der Waals surface area contributed by atoms with Gasteiger partial charge in [-0.15, -0.1) is 0 Å². The lowest BCUT2D eigenvalue weighted by atomic mass is 10.1. The highest BCUT2D eigenvalue weighted by Gasteiger charge is 2.42. The molecule has 1 aromatic carbocycles. The van der Waals surface area contributed by atoms with Crippen molar-refractivity contribution in [3.63, 3.8) is 0 Å². The third-order valence-corrected chi connectivity index (χ3v) is 6.23. The number of nitro benzene ring substituents is 1. The number of hydrogen-bond donors (Lipinski definition) is 1. The number of para-hydroxylation sites is 1. The van der Waals surface area contributed by atoms with E-state index in [0.717, 1.165) is 0 Å². The van der Waals surface area contributed by atoms with Crippen LogP contribution in [0.3, 0.4) is 0 Å². The minimum absolute atomic E-state index is 0.164. The first-order chi connectivity index (χ1) is 8.85. The summed E-state index contributed by atoms with van der Waals surface area (Å²) in [4.78, 5) is 10.1. The van der Waals surface area contributed by atoms with Gasteiger partial charge in [-0.1, -0.05) is 19.1 Å². The Kier molecular flexibility index (Phi) is 3.60. The summed E-state index contributed by atoms with van der Waals surface area (Å²) in [5, 5.41) is 10.3. The third kappa shape index (κ3) is 2.35. The van der Waals surface area contributed by atoms with Crippen LogP contribution in [0.5, 0.6) is 0 Å². The maximum atomic E-state index is 12.6. The molecule has 0 saturated heterocycles. The van der Waals surface area contributed by atoms with Crippen LogP contribution in [-0.2, 0) is 9.84 Å². The van der Waals surface area contributed by atoms with E-state index < -0.39 is 20.0 Å². The normalized spacial score (nSPS) is 27.4. The van der Waals surface area contributed by atoms with Crippen LogP contribution < -0.4 is 5.73 Å². The number of nitrogens with two attached hydrogens (primary N) is 1. The van der Waals surface area contributed by atoms with Crippen LogP contribution in [-0.4, -0.2) is 24.6 Å². The summed E-state index contributed by atoms with van der Waals surface area (Å²) >= 11 is 0. The van der Waals surface area contributed by atoms with Gasteiger partial charge in [0.2, 0.25) is 0 Å². The molecule has 19 heavy (non-hydrogen) atoms. The first kappa shape index (κ1) is 14.0. The van der Waals surface area contributed by atoms with Crippen molar-refractivity contribution in [2.45, 2.75) is 36.0 Å². The predicted molar refractivity (Wildman–Crippen MR) is 70.4 cm³/mol. The highest BCUT2D eigenvalue weighted by atomic mass is 32.2. The molecule has 0 radical (unpaired) electrons. The Hall–Kier alpha value is -1.47. The third-order valence-electron chi connectivity index (χ3n) is 3.81. The van der Waals surface area contributed by atoms with Crippen LogP contribution in [0, 0.1) is 16.0 Å². The van der Waals surface area contributed by atoms with E-state index in [4.69, 9.17) is 5.73 Å². The molecule has 104 valence electrons. The Labute approximate surface area is 111 Å². The van der Waals surface area contributed by atoms with Crippen LogP contribution in [0.4, 0.5) is 5.69 Å². The summed E-state index contributed by atoms with van der Waals surface area (Å²) in [6.45, 7) is 1.79. The molecular weight excluding hydrogens is 268 g/mol. The number of hydrogen-bond acceptors (Lipinski definition) is 5. The summed E-state index contributed by atoms with van der Waals surface area (Å²) in [5.74, 6) is -0.190. The average Bonchev–Trinajstić information content (AvgIpc) is 2.70. The molecule has 6 nitrogen and oxygen atoms in total. The van der Waals surface area contributed by atoms with Gasteiger partial charge >= 0.3 is 0 Å². The Balaban J connectivity index is 2.49. The van der Waals surface area contributed by atoms with Crippen molar-refractivity contribution >= 4 is 15.5 Å². The van der Waals surface area contributed by atoms with Crippen molar-refractivity contribution in [1.82, 2.24) is 0 Å². The fourth-order valence-electron chi connectivity index (χ4n) is 2.61. The molecule has 1 aromatic rings. The summed E-state index contributed by atoms with van der Waals surface area (Å²) in [5.41, 5.74) is 5.48. The Morgan fingerprint density at radius 3 is 2.47 bits per heavy atom. The number of sulfone groups is 1. The predicted octanol–water partition coefficient (Wildman–Crippen LogP) is 1.49. The summed E-state index contributed by atoms with van der Waals surface area (Å²) < 4.78 is 25.1. The quantitative estimate of drug-likeness (QED) is 0.669. The van der Waals surface area contributed by atoms with Gasteiger partial charge in [0.1, 0.15) is 4.90 Å².